The van der Waals surface area contributed by atoms with Gasteiger partial charge in [-0.15, -0.1) is 0 Å². The van der Waals surface area contributed by atoms with Gasteiger partial charge in [-0.2, -0.15) is 13.2 Å². The number of alkyl halides is 3. The molecule has 0 fully saturated rings. The molecule has 0 aliphatic carbocycles. The van der Waals surface area contributed by atoms with E-state index < -0.39 is 11.9 Å². The van der Waals surface area contributed by atoms with Gasteiger partial charge in [0.25, 0.3) is 0 Å². The second-order valence-corrected chi connectivity index (χ2v) is 2.92. The quantitative estimate of drug-likeness (QED) is 0.821. The van der Waals surface area contributed by atoms with Crippen molar-refractivity contribution in [1.82, 2.24) is 10.3 Å². The average molecular weight is 218 g/mol. The van der Waals surface area contributed by atoms with Gasteiger partial charge in [-0.05, 0) is 12.1 Å². The summed E-state index contributed by atoms with van der Waals surface area (Å²) in [4.78, 5) is 13.9. The second kappa shape index (κ2) is 4.29. The van der Waals surface area contributed by atoms with Gasteiger partial charge in [0.2, 0.25) is 5.91 Å². The Hall–Kier alpha value is -1.59. The highest BCUT2D eigenvalue weighted by Crippen LogP contribution is 2.27. The van der Waals surface area contributed by atoms with Crippen LogP contribution in [0.5, 0.6) is 0 Å². The Balaban J connectivity index is 2.79. The zero-order chi connectivity index (χ0) is 11.5. The predicted octanol–water partition coefficient (Wildman–Crippen LogP) is 1.74. The molecule has 0 aliphatic heterocycles. The number of rotatable bonds is 2. The fraction of sp³-hybridized carbons (Fsp3) is 0.333. The lowest BCUT2D eigenvalue weighted by Crippen LogP contribution is -2.20. The van der Waals surface area contributed by atoms with Gasteiger partial charge in [-0.1, -0.05) is 6.07 Å². The van der Waals surface area contributed by atoms with Gasteiger partial charge >= 0.3 is 6.18 Å². The van der Waals surface area contributed by atoms with E-state index >= 15 is 0 Å². The van der Waals surface area contributed by atoms with Gasteiger partial charge in [-0.25, -0.2) is 4.98 Å². The summed E-state index contributed by atoms with van der Waals surface area (Å²) in [6, 6.07) is 3.56. The van der Waals surface area contributed by atoms with Gasteiger partial charge < -0.3 is 5.32 Å². The monoisotopic (exact) mass is 218 g/mol. The highest BCUT2D eigenvalue weighted by atomic mass is 19.4. The van der Waals surface area contributed by atoms with Gasteiger partial charge in [0.1, 0.15) is 5.69 Å². The van der Waals surface area contributed by atoms with E-state index in [9.17, 15) is 18.0 Å². The molecule has 0 saturated heterocycles. The molecule has 0 unspecified atom stereocenters. The number of nitrogens with zero attached hydrogens (tertiary/aromatic N) is 1. The van der Waals surface area contributed by atoms with Crippen LogP contribution >= 0.6 is 0 Å². The van der Waals surface area contributed by atoms with E-state index in [0.717, 1.165) is 6.07 Å². The first-order valence-electron chi connectivity index (χ1n) is 4.17. The normalized spacial score (nSPS) is 11.2. The maximum absolute atomic E-state index is 12.2. The van der Waals surface area contributed by atoms with E-state index in [1.165, 1.54) is 19.1 Å². The van der Waals surface area contributed by atoms with Crippen LogP contribution in [0, 0.1) is 0 Å². The Morgan fingerprint density at radius 1 is 1.47 bits per heavy atom. The van der Waals surface area contributed by atoms with Crippen LogP contribution in [0.25, 0.3) is 0 Å². The van der Waals surface area contributed by atoms with Crippen molar-refractivity contribution >= 4 is 5.91 Å². The van der Waals surface area contributed by atoms with Gasteiger partial charge in [0, 0.05) is 6.92 Å². The molecule has 6 heteroatoms. The summed E-state index contributed by atoms with van der Waals surface area (Å²) < 4.78 is 36.7. The number of nitrogens with one attached hydrogen (secondary N) is 1. The summed E-state index contributed by atoms with van der Waals surface area (Å²) in [6.45, 7) is 1.28. The molecule has 0 saturated carbocycles. The second-order valence-electron chi connectivity index (χ2n) is 2.92. The zero-order valence-corrected chi connectivity index (χ0v) is 7.93. The molecule has 3 nitrogen and oxygen atoms in total. The Morgan fingerprint density at radius 2 is 2.13 bits per heavy atom. The van der Waals surface area contributed by atoms with E-state index in [1.54, 1.807) is 0 Å². The van der Waals surface area contributed by atoms with E-state index in [1.807, 2.05) is 0 Å². The summed E-state index contributed by atoms with van der Waals surface area (Å²) in [5.74, 6) is -0.311. The molecule has 15 heavy (non-hydrogen) atoms. The summed E-state index contributed by atoms with van der Waals surface area (Å²) in [7, 11) is 0. The summed E-state index contributed by atoms with van der Waals surface area (Å²) >= 11 is 0. The molecule has 0 bridgehead atoms. The van der Waals surface area contributed by atoms with Crippen LogP contribution in [-0.4, -0.2) is 10.9 Å². The fourth-order valence-electron chi connectivity index (χ4n) is 0.951. The number of amides is 1. The van der Waals surface area contributed by atoms with Crippen LogP contribution < -0.4 is 5.32 Å². The Morgan fingerprint density at radius 3 is 2.67 bits per heavy atom. The van der Waals surface area contributed by atoms with E-state index in [-0.39, 0.29) is 18.1 Å². The highest BCUT2D eigenvalue weighted by molar-refractivity contribution is 5.72. The third-order valence-corrected chi connectivity index (χ3v) is 1.62. The van der Waals surface area contributed by atoms with Gasteiger partial charge in [-0.3, -0.25) is 4.79 Å². The smallest absolute Gasteiger partial charge is 0.351 e. The van der Waals surface area contributed by atoms with Crippen molar-refractivity contribution in [3.05, 3.63) is 29.6 Å². The largest absolute Gasteiger partial charge is 0.433 e. The standard InChI is InChI=1S/C9H9F3N2O/c1-6(15)13-5-7-3-2-4-8(14-7)9(10,11)12/h2-4H,5H2,1H3,(H,13,15). The molecule has 1 N–H and O–H groups in total. The molecule has 1 amide bonds. The minimum Gasteiger partial charge on any atom is -0.351 e. The van der Waals surface area contributed by atoms with E-state index in [0.29, 0.717) is 0 Å². The van der Waals surface area contributed by atoms with Crippen molar-refractivity contribution in [2.75, 3.05) is 0 Å². The third kappa shape index (κ3) is 3.57. The van der Waals surface area contributed by atoms with Crippen LogP contribution in [0.4, 0.5) is 13.2 Å². The van der Waals surface area contributed by atoms with Gasteiger partial charge in [0.05, 0.1) is 12.2 Å². The number of aromatic nitrogens is 1. The first kappa shape index (κ1) is 11.5. The minimum atomic E-state index is -4.45. The lowest BCUT2D eigenvalue weighted by molar-refractivity contribution is -0.141. The molecule has 0 radical (unpaired) electrons. The highest BCUT2D eigenvalue weighted by Gasteiger charge is 2.32. The van der Waals surface area contributed by atoms with Crippen LogP contribution in [0.1, 0.15) is 18.3 Å². The minimum absolute atomic E-state index is 0.000741. The van der Waals surface area contributed by atoms with Crippen molar-refractivity contribution in [2.45, 2.75) is 19.6 Å². The van der Waals surface area contributed by atoms with Crippen molar-refractivity contribution in [3.63, 3.8) is 0 Å². The maximum Gasteiger partial charge on any atom is 0.433 e. The first-order valence-corrected chi connectivity index (χ1v) is 4.17. The number of carbonyl (C=O) groups excluding carboxylic acids is 1. The van der Waals surface area contributed by atoms with Crippen molar-refractivity contribution in [1.29, 1.82) is 0 Å². The fourth-order valence-corrected chi connectivity index (χ4v) is 0.951. The maximum atomic E-state index is 12.2. The number of hydrogen-bond donors (Lipinski definition) is 1. The Kier molecular flexibility index (Phi) is 3.28. The summed E-state index contributed by atoms with van der Waals surface area (Å²) in [5, 5.41) is 2.37. The average Bonchev–Trinajstić information content (AvgIpc) is 2.14. The van der Waals surface area contributed by atoms with E-state index in [2.05, 4.69) is 10.3 Å². The molecule has 1 heterocycles. The first-order chi connectivity index (χ1) is 6.89. The molecule has 0 atom stereocenters. The zero-order valence-electron chi connectivity index (χ0n) is 7.93. The van der Waals surface area contributed by atoms with Crippen molar-refractivity contribution in [3.8, 4) is 0 Å². The molecule has 1 rings (SSSR count). The summed E-state index contributed by atoms with van der Waals surface area (Å²) in [6.07, 6.45) is -4.45. The lowest BCUT2D eigenvalue weighted by Gasteiger charge is -2.07. The SMILES string of the molecule is CC(=O)NCc1cccc(C(F)(F)F)n1. The molecule has 1 aromatic heterocycles. The number of pyridine rings is 1. The summed E-state index contributed by atoms with van der Waals surface area (Å²) in [5.41, 5.74) is -0.773. The molecule has 82 valence electrons. The van der Waals surface area contributed by atoms with Crippen LogP contribution in [0.3, 0.4) is 0 Å². The molecule has 0 aliphatic rings. The Bertz CT molecular complexity index is 363. The molecule has 1 aromatic rings. The lowest BCUT2D eigenvalue weighted by atomic mass is 10.3. The van der Waals surface area contributed by atoms with E-state index in [4.69, 9.17) is 0 Å². The predicted molar refractivity (Wildman–Crippen MR) is 46.8 cm³/mol. The van der Waals surface area contributed by atoms with Crippen LogP contribution in [0.2, 0.25) is 0 Å². The van der Waals surface area contributed by atoms with Crippen LogP contribution in [-0.2, 0) is 17.5 Å². The van der Waals surface area contributed by atoms with Crippen molar-refractivity contribution < 1.29 is 18.0 Å². The van der Waals surface area contributed by atoms with Crippen molar-refractivity contribution in [2.24, 2.45) is 0 Å². The number of hydrogen-bond acceptors (Lipinski definition) is 2. The molecular weight excluding hydrogens is 209 g/mol. The number of carbonyl (C=O) groups is 1. The molecule has 0 aromatic carbocycles. The topological polar surface area (TPSA) is 42.0 Å². The molecular formula is C9H9F3N2O. The molecule has 0 spiro atoms. The third-order valence-electron chi connectivity index (χ3n) is 1.62. The number of halogens is 3. The Labute approximate surface area is 84.3 Å². The van der Waals surface area contributed by atoms with Gasteiger partial charge in [0.15, 0.2) is 0 Å². The van der Waals surface area contributed by atoms with Crippen LogP contribution in [0.15, 0.2) is 18.2 Å².